The molecule has 0 aliphatic carbocycles. The van der Waals surface area contributed by atoms with E-state index in [1.54, 1.807) is 0 Å². The van der Waals surface area contributed by atoms with Crippen LogP contribution in [0.15, 0.2) is 211 Å². The monoisotopic (exact) mass is 766 g/mol. The van der Waals surface area contributed by atoms with Gasteiger partial charge in [0.2, 0.25) is 0 Å². The maximum Gasteiger partial charge on any atom is 0.164 e. The molecule has 0 unspecified atom stereocenters. The van der Waals surface area contributed by atoms with E-state index in [2.05, 4.69) is 150 Å². The van der Waals surface area contributed by atoms with Crippen LogP contribution in [0.4, 0.5) is 0 Å². The summed E-state index contributed by atoms with van der Waals surface area (Å²) in [5, 5.41) is 6.97. The fourth-order valence-corrected chi connectivity index (χ4v) is 8.78. The van der Waals surface area contributed by atoms with Gasteiger partial charge in [-0.05, 0) is 69.9 Å². The lowest BCUT2D eigenvalue weighted by Crippen LogP contribution is -2.00. The Balaban J connectivity index is 1.09. The molecule has 0 N–H and O–H groups in total. The fourth-order valence-electron chi connectivity index (χ4n) is 8.78. The lowest BCUT2D eigenvalue weighted by molar-refractivity contribution is 0.670. The van der Waals surface area contributed by atoms with Crippen molar-refractivity contribution in [3.8, 4) is 62.1 Å². The highest BCUT2D eigenvalue weighted by Gasteiger charge is 2.21. The van der Waals surface area contributed by atoms with E-state index in [-0.39, 0.29) is 0 Å². The predicted molar refractivity (Wildman–Crippen MR) is 246 cm³/mol. The van der Waals surface area contributed by atoms with E-state index in [0.29, 0.717) is 17.5 Å². The van der Waals surface area contributed by atoms with Crippen molar-refractivity contribution in [2.75, 3.05) is 0 Å². The van der Waals surface area contributed by atoms with Gasteiger partial charge in [-0.1, -0.05) is 164 Å². The van der Waals surface area contributed by atoms with Gasteiger partial charge in [-0.25, -0.2) is 15.0 Å². The molecule has 12 aromatic rings. The third kappa shape index (κ3) is 5.59. The van der Waals surface area contributed by atoms with E-state index in [1.807, 2.05) is 60.7 Å². The molecule has 0 atom stereocenters. The van der Waals surface area contributed by atoms with Gasteiger partial charge in [-0.3, -0.25) is 0 Å². The molecule has 0 fully saturated rings. The number of furan rings is 1. The molecule has 0 bridgehead atoms. The fraction of sp³-hybridized carbons (Fsp3) is 0. The summed E-state index contributed by atoms with van der Waals surface area (Å²) in [6, 6.07) is 72.3. The second-order valence-electron chi connectivity index (χ2n) is 15.2. The Bertz CT molecular complexity index is 3520. The Hall–Kier alpha value is -8.15. The van der Waals surface area contributed by atoms with E-state index in [9.17, 15) is 0 Å². The average Bonchev–Trinajstić information content (AvgIpc) is 3.87. The summed E-state index contributed by atoms with van der Waals surface area (Å²) in [5.74, 6) is 1.83. The Morgan fingerprint density at radius 3 is 1.60 bits per heavy atom. The summed E-state index contributed by atoms with van der Waals surface area (Å²) in [6.45, 7) is 0. The van der Waals surface area contributed by atoms with E-state index in [4.69, 9.17) is 19.4 Å². The summed E-state index contributed by atoms with van der Waals surface area (Å²) in [7, 11) is 0. The minimum atomic E-state index is 0.585. The predicted octanol–water partition coefficient (Wildman–Crippen LogP) is 14.4. The van der Waals surface area contributed by atoms with Crippen LogP contribution in [0.25, 0.3) is 117 Å². The van der Waals surface area contributed by atoms with Gasteiger partial charge in [-0.2, -0.15) is 0 Å². The number of hydrogen-bond acceptors (Lipinski definition) is 4. The molecule has 0 aliphatic heterocycles. The van der Waals surface area contributed by atoms with Crippen LogP contribution in [-0.2, 0) is 0 Å². The van der Waals surface area contributed by atoms with Crippen molar-refractivity contribution in [2.45, 2.75) is 0 Å². The van der Waals surface area contributed by atoms with Crippen LogP contribution in [0.5, 0.6) is 0 Å². The molecular weight excluding hydrogens is 733 g/mol. The lowest BCUT2D eigenvalue weighted by Gasteiger charge is -2.12. The largest absolute Gasteiger partial charge is 0.455 e. The van der Waals surface area contributed by atoms with Crippen molar-refractivity contribution in [2.24, 2.45) is 0 Å². The van der Waals surface area contributed by atoms with Crippen LogP contribution in [0.2, 0.25) is 0 Å². The molecule has 3 aromatic heterocycles. The van der Waals surface area contributed by atoms with Gasteiger partial charge in [0.1, 0.15) is 11.2 Å². The smallest absolute Gasteiger partial charge is 0.164 e. The summed E-state index contributed by atoms with van der Waals surface area (Å²) in [5.41, 5.74) is 12.2. The summed E-state index contributed by atoms with van der Waals surface area (Å²) in [4.78, 5) is 14.9. The molecule has 9 aromatic carbocycles. The van der Waals surface area contributed by atoms with Crippen LogP contribution in [0, 0.1) is 0 Å². The number of hydrogen-bond donors (Lipinski definition) is 0. The zero-order valence-electron chi connectivity index (χ0n) is 32.3. The van der Waals surface area contributed by atoms with Crippen LogP contribution < -0.4 is 0 Å². The zero-order chi connectivity index (χ0) is 39.6. The van der Waals surface area contributed by atoms with Crippen molar-refractivity contribution >= 4 is 54.5 Å². The highest BCUT2D eigenvalue weighted by molar-refractivity contribution is 6.22. The summed E-state index contributed by atoms with van der Waals surface area (Å²) < 4.78 is 9.34. The molecule has 280 valence electrons. The first kappa shape index (κ1) is 33.9. The number of rotatable bonds is 6. The average molecular weight is 767 g/mol. The minimum Gasteiger partial charge on any atom is -0.455 e. The SMILES string of the molecule is c1ccc(-c2ccc3c(c2)c2c4ccccc4ccc2n3-c2cc(-c3ccccc3)c3oc4cc(-c5nc(-c6ccccc6)nc(-c6ccccc6)n5)ccc4c3c2)cc1. The molecule has 0 saturated heterocycles. The third-order valence-electron chi connectivity index (χ3n) is 11.6. The van der Waals surface area contributed by atoms with Gasteiger partial charge < -0.3 is 8.98 Å². The summed E-state index contributed by atoms with van der Waals surface area (Å²) in [6.07, 6.45) is 0. The van der Waals surface area contributed by atoms with Gasteiger partial charge in [0.05, 0.1) is 11.0 Å². The molecule has 0 spiro atoms. The molecule has 0 radical (unpaired) electrons. The second-order valence-corrected chi connectivity index (χ2v) is 15.2. The number of nitrogens with zero attached hydrogens (tertiary/aromatic N) is 4. The first-order chi connectivity index (χ1) is 29.7. The Morgan fingerprint density at radius 1 is 0.350 bits per heavy atom. The van der Waals surface area contributed by atoms with Crippen LogP contribution in [0.1, 0.15) is 0 Å². The van der Waals surface area contributed by atoms with Crippen LogP contribution in [-0.4, -0.2) is 19.5 Å². The first-order valence-corrected chi connectivity index (χ1v) is 20.2. The molecule has 5 nitrogen and oxygen atoms in total. The van der Waals surface area contributed by atoms with E-state index >= 15 is 0 Å². The van der Waals surface area contributed by atoms with Crippen molar-refractivity contribution in [3.63, 3.8) is 0 Å². The van der Waals surface area contributed by atoms with Gasteiger partial charge in [0.15, 0.2) is 17.5 Å². The number of fused-ring (bicyclic) bond motifs is 8. The highest BCUT2D eigenvalue weighted by Crippen LogP contribution is 2.43. The zero-order valence-corrected chi connectivity index (χ0v) is 32.3. The van der Waals surface area contributed by atoms with E-state index < -0.39 is 0 Å². The maximum atomic E-state index is 6.92. The first-order valence-electron chi connectivity index (χ1n) is 20.2. The van der Waals surface area contributed by atoms with Gasteiger partial charge in [0, 0.05) is 49.5 Å². The Morgan fingerprint density at radius 2 is 0.917 bits per heavy atom. The standard InChI is InChI=1S/C55H34N4O/c1-5-15-35(16-6-1)40-27-29-48-47(31-40)51-43-24-14-13-19-37(43)26-30-49(51)59(48)42-33-45(36-17-7-2-8-18-36)52-46(34-42)44-28-25-41(32-50(44)60-52)55-57-53(38-20-9-3-10-21-38)56-54(58-55)39-22-11-4-12-23-39/h1-34H. The van der Waals surface area contributed by atoms with Crippen LogP contribution >= 0.6 is 0 Å². The van der Waals surface area contributed by atoms with Crippen molar-refractivity contribution in [1.82, 2.24) is 19.5 Å². The molecule has 0 saturated carbocycles. The molecule has 0 amide bonds. The van der Waals surface area contributed by atoms with Crippen molar-refractivity contribution in [3.05, 3.63) is 206 Å². The maximum absolute atomic E-state index is 6.92. The number of aromatic nitrogens is 4. The van der Waals surface area contributed by atoms with Crippen LogP contribution in [0.3, 0.4) is 0 Å². The Labute approximate surface area is 345 Å². The quantitative estimate of drug-likeness (QED) is 0.169. The molecule has 60 heavy (non-hydrogen) atoms. The highest BCUT2D eigenvalue weighted by atomic mass is 16.3. The summed E-state index contributed by atoms with van der Waals surface area (Å²) >= 11 is 0. The van der Waals surface area contributed by atoms with Crippen molar-refractivity contribution < 1.29 is 4.42 Å². The normalized spacial score (nSPS) is 11.7. The molecule has 3 heterocycles. The topological polar surface area (TPSA) is 56.7 Å². The van der Waals surface area contributed by atoms with E-state index in [1.165, 1.54) is 32.7 Å². The third-order valence-corrected chi connectivity index (χ3v) is 11.6. The van der Waals surface area contributed by atoms with Gasteiger partial charge >= 0.3 is 0 Å². The molecule has 0 aliphatic rings. The van der Waals surface area contributed by atoms with E-state index in [0.717, 1.165) is 66.5 Å². The number of benzene rings is 9. The molecule has 5 heteroatoms. The van der Waals surface area contributed by atoms with Gasteiger partial charge in [0.25, 0.3) is 0 Å². The Kier molecular flexibility index (Phi) is 7.78. The lowest BCUT2D eigenvalue weighted by atomic mass is 10.0. The van der Waals surface area contributed by atoms with Gasteiger partial charge in [-0.15, -0.1) is 0 Å². The minimum absolute atomic E-state index is 0.585. The molecule has 12 rings (SSSR count). The second kappa shape index (κ2) is 13.8. The molecular formula is C55H34N4O. The van der Waals surface area contributed by atoms with Crippen molar-refractivity contribution in [1.29, 1.82) is 0 Å².